The maximum Gasteiger partial charge on any atom is 0.246 e. The molecule has 0 saturated carbocycles. The van der Waals surface area contributed by atoms with Crippen LogP contribution in [-0.4, -0.2) is 134 Å². The van der Waals surface area contributed by atoms with E-state index in [9.17, 15) is 33.9 Å². The number of hydrogen-bond donors (Lipinski definition) is 4. The van der Waals surface area contributed by atoms with E-state index in [4.69, 9.17) is 4.98 Å². The molecule has 83 heavy (non-hydrogen) atoms. The first-order valence-electron chi connectivity index (χ1n) is 29.9. The molecule has 3 atom stereocenters. The highest BCUT2D eigenvalue weighted by Gasteiger charge is 2.44. The van der Waals surface area contributed by atoms with Crippen molar-refractivity contribution in [2.24, 2.45) is 5.41 Å². The summed E-state index contributed by atoms with van der Waals surface area (Å²) in [7, 11) is 0. The maximum atomic E-state index is 14.1. The van der Waals surface area contributed by atoms with Crippen molar-refractivity contribution in [3.63, 3.8) is 0 Å². The summed E-state index contributed by atoms with van der Waals surface area (Å²) in [5, 5.41) is 25.1. The Morgan fingerprint density at radius 3 is 2.12 bits per heavy atom. The number of aliphatic hydroxyl groups excluding tert-OH is 1. The van der Waals surface area contributed by atoms with E-state index in [1.165, 1.54) is 4.90 Å². The number of allylic oxidation sites excluding steroid dienone is 4. The molecule has 2 fully saturated rings. The lowest BCUT2D eigenvalue weighted by molar-refractivity contribution is -0.144. The second kappa shape index (κ2) is 28.6. The Balaban J connectivity index is 0.685. The minimum Gasteiger partial charge on any atom is -0.391 e. The SMILES string of the molecule is CC1=CC(C)=C(CCC(=O)c2cc(-c3ccc(N4CCN(CCNC(=O)CCCCCCCCCC(=O)N[C@H](C(=O)N5C[C@H](O)C[C@H]5C(=O)NCc5ccc(-c6scnc6C)cc5)C(C)(C)C)CC4)nc3)cc3c2cnn3C(C)C)C(=O)C1. The first-order valence-corrected chi connectivity index (χ1v) is 30.8. The highest BCUT2D eigenvalue weighted by Crippen LogP contribution is 2.33. The van der Waals surface area contributed by atoms with Crippen LogP contribution >= 0.6 is 11.3 Å². The number of rotatable bonds is 26. The summed E-state index contributed by atoms with van der Waals surface area (Å²) in [6.45, 7) is 20.8. The van der Waals surface area contributed by atoms with Gasteiger partial charge in [-0.25, -0.2) is 9.97 Å². The number of pyridine rings is 1. The van der Waals surface area contributed by atoms with Crippen LogP contribution in [0.4, 0.5) is 5.82 Å². The number of β-amino-alcohol motifs (C(OH)–C–C–N with tert-alkyl or cyclic N) is 1. The number of carbonyl (C=O) groups is 6. The number of nitrogens with one attached hydrogen (secondary N) is 3. The van der Waals surface area contributed by atoms with Crippen molar-refractivity contribution >= 4 is 63.3 Å². The number of thiazole rings is 1. The molecule has 0 radical (unpaired) electrons. The van der Waals surface area contributed by atoms with Gasteiger partial charge in [0.15, 0.2) is 11.6 Å². The number of carbonyl (C=O) groups excluding carboxylic acids is 6. The zero-order valence-corrected chi connectivity index (χ0v) is 50.8. The fourth-order valence-electron chi connectivity index (χ4n) is 11.6. The standard InChI is InChI=1S/C65H86N10O7S/c1-42(2)75-54-35-49(34-52(53(54)39-70-75)56(77)24-23-51-44(4)32-43(3)33-57(51)78)48-22-25-58(67-38-48)73-30-28-72(29-31-73)27-26-66-59(79)16-14-12-10-9-11-13-15-17-60(80)71-62(65(6,7)8)64(82)74-40-50(76)36-55(74)63(81)68-37-46-18-20-47(21-19-46)61-45(5)69-41-83-61/h18-22,25,32,34-35,38-39,41-42,50,55,62,76H,9-17,23-24,26-31,33,36-37,40H2,1-8H3,(H,66,79)(H,68,81)(H,71,80)/t50-,55+,62-/m1/s1. The van der Waals surface area contributed by atoms with Gasteiger partial charge < -0.3 is 30.9 Å². The molecule has 0 bridgehead atoms. The van der Waals surface area contributed by atoms with E-state index in [0.717, 1.165) is 138 Å². The molecule has 5 aromatic rings. The molecule has 17 nitrogen and oxygen atoms in total. The molecule has 2 aliphatic heterocycles. The van der Waals surface area contributed by atoms with Crippen molar-refractivity contribution in [1.82, 2.24) is 45.5 Å². The van der Waals surface area contributed by atoms with Crippen LogP contribution in [-0.2, 0) is 30.5 Å². The van der Waals surface area contributed by atoms with Crippen molar-refractivity contribution in [1.29, 1.82) is 0 Å². The molecule has 4 N–H and O–H groups in total. The van der Waals surface area contributed by atoms with Gasteiger partial charge in [0.1, 0.15) is 17.9 Å². The van der Waals surface area contributed by atoms with Crippen LogP contribution in [0.15, 0.2) is 89.2 Å². The number of unbranched alkanes of at least 4 members (excludes halogenated alkanes) is 6. The number of hydrogen-bond acceptors (Lipinski definition) is 13. The van der Waals surface area contributed by atoms with E-state index in [2.05, 4.69) is 61.8 Å². The molecule has 3 aliphatic rings. The normalized spacial score (nSPS) is 17.3. The number of piperazine rings is 1. The molecule has 4 amide bonds. The van der Waals surface area contributed by atoms with Crippen LogP contribution in [0.25, 0.3) is 32.5 Å². The second-order valence-corrected chi connectivity index (χ2v) is 25.2. The molecule has 8 rings (SSSR count). The van der Waals surface area contributed by atoms with E-state index in [-0.39, 0.29) is 73.6 Å². The molecule has 1 aliphatic carbocycles. The van der Waals surface area contributed by atoms with Gasteiger partial charge in [0.05, 0.1) is 33.9 Å². The van der Waals surface area contributed by atoms with Gasteiger partial charge in [-0.1, -0.05) is 88.8 Å². The molecule has 0 unspecified atom stereocenters. The predicted octanol–water partition coefficient (Wildman–Crippen LogP) is 9.87. The first kappa shape index (κ1) is 62.2. The Kier molecular flexibility index (Phi) is 21.4. The van der Waals surface area contributed by atoms with Crippen LogP contribution in [0, 0.1) is 12.3 Å². The van der Waals surface area contributed by atoms with Crippen molar-refractivity contribution in [3.05, 3.63) is 106 Å². The average molecular weight is 1150 g/mol. The van der Waals surface area contributed by atoms with Crippen LogP contribution in [0.5, 0.6) is 0 Å². The number of aromatic nitrogens is 4. The molecule has 2 aromatic carbocycles. The number of benzene rings is 2. The Morgan fingerprint density at radius 1 is 0.795 bits per heavy atom. The fourth-order valence-corrected chi connectivity index (χ4v) is 12.4. The lowest BCUT2D eigenvalue weighted by Gasteiger charge is -2.35. The second-order valence-electron chi connectivity index (χ2n) is 24.3. The third kappa shape index (κ3) is 16.5. The van der Waals surface area contributed by atoms with E-state index >= 15 is 0 Å². The van der Waals surface area contributed by atoms with Crippen LogP contribution in [0.2, 0.25) is 0 Å². The maximum absolute atomic E-state index is 14.1. The molecule has 0 spiro atoms. The summed E-state index contributed by atoms with van der Waals surface area (Å²) < 4.78 is 1.95. The highest BCUT2D eigenvalue weighted by atomic mass is 32.1. The van der Waals surface area contributed by atoms with Gasteiger partial charge in [-0.05, 0) is 111 Å². The molecule has 3 aromatic heterocycles. The molecular weight excluding hydrogens is 1060 g/mol. The van der Waals surface area contributed by atoms with Crippen molar-refractivity contribution in [2.75, 3.05) is 50.7 Å². The Hall–Kier alpha value is -6.89. The van der Waals surface area contributed by atoms with Crippen molar-refractivity contribution in [3.8, 4) is 21.6 Å². The number of Topliss-reactive ketones (excluding diaryl/α,β-unsaturated/α-hetero) is 2. The summed E-state index contributed by atoms with van der Waals surface area (Å²) in [5.41, 5.74) is 10.2. The number of nitrogens with zero attached hydrogens (tertiary/aromatic N) is 7. The van der Waals surface area contributed by atoms with Crippen LogP contribution in [0.1, 0.15) is 160 Å². The largest absolute Gasteiger partial charge is 0.391 e. The number of aryl methyl sites for hydroxylation is 1. The fraction of sp³-hybridized carbons (Fsp3) is 0.523. The number of likely N-dealkylation sites (tertiary alicyclic amines) is 1. The molecule has 2 saturated heterocycles. The number of amides is 4. The van der Waals surface area contributed by atoms with Crippen LogP contribution in [0.3, 0.4) is 0 Å². The topological polar surface area (TPSA) is 212 Å². The predicted molar refractivity (Wildman–Crippen MR) is 328 cm³/mol. The third-order valence-electron chi connectivity index (χ3n) is 16.4. The van der Waals surface area contributed by atoms with Crippen LogP contribution < -0.4 is 20.9 Å². The van der Waals surface area contributed by atoms with Gasteiger partial charge in [-0.3, -0.25) is 38.3 Å². The monoisotopic (exact) mass is 1150 g/mol. The van der Waals surface area contributed by atoms with Gasteiger partial charge >= 0.3 is 0 Å². The molecular formula is C65H86N10O7S. The van der Waals surface area contributed by atoms with Gasteiger partial charge in [-0.15, -0.1) is 11.3 Å². The van der Waals surface area contributed by atoms with E-state index in [1.807, 2.05) is 100 Å². The number of fused-ring (bicyclic) bond motifs is 1. The minimum atomic E-state index is -0.863. The van der Waals surface area contributed by atoms with E-state index in [0.29, 0.717) is 37.8 Å². The number of aliphatic hydroxyl groups is 1. The quantitative estimate of drug-likeness (QED) is 0.0301. The average Bonchev–Trinajstić information content (AvgIpc) is 4.45. The zero-order valence-electron chi connectivity index (χ0n) is 50.0. The summed E-state index contributed by atoms with van der Waals surface area (Å²) in [4.78, 5) is 96.6. The molecule has 444 valence electrons. The van der Waals surface area contributed by atoms with Gasteiger partial charge in [0.25, 0.3) is 0 Å². The highest BCUT2D eigenvalue weighted by molar-refractivity contribution is 7.13. The Morgan fingerprint density at radius 2 is 1.48 bits per heavy atom. The lowest BCUT2D eigenvalue weighted by atomic mass is 9.85. The summed E-state index contributed by atoms with van der Waals surface area (Å²) in [6, 6.07) is 14.5. The summed E-state index contributed by atoms with van der Waals surface area (Å²) in [6.07, 6.45) is 13.2. The van der Waals surface area contributed by atoms with Crippen molar-refractivity contribution in [2.45, 2.75) is 170 Å². The lowest BCUT2D eigenvalue weighted by Crippen LogP contribution is -2.57. The van der Waals surface area contributed by atoms with Gasteiger partial charge in [0.2, 0.25) is 23.6 Å². The minimum absolute atomic E-state index is 0.0113. The Labute approximate surface area is 493 Å². The van der Waals surface area contributed by atoms with Crippen molar-refractivity contribution < 1.29 is 33.9 Å². The molecule has 18 heteroatoms. The van der Waals surface area contributed by atoms with Gasteiger partial charge in [0, 0.05) is 113 Å². The first-order chi connectivity index (χ1) is 39.7. The van der Waals surface area contributed by atoms with E-state index < -0.39 is 23.6 Å². The molecule has 5 heterocycles. The third-order valence-corrected chi connectivity index (χ3v) is 17.3. The Bertz CT molecular complexity index is 3160. The van der Waals surface area contributed by atoms with Gasteiger partial charge in [-0.2, -0.15) is 5.10 Å². The smallest absolute Gasteiger partial charge is 0.246 e. The summed E-state index contributed by atoms with van der Waals surface area (Å²) in [5.74, 6) is 0.151. The number of anilines is 1. The number of ketones is 2. The summed E-state index contributed by atoms with van der Waals surface area (Å²) >= 11 is 1.58. The zero-order chi connectivity index (χ0) is 59.4. The van der Waals surface area contributed by atoms with E-state index in [1.54, 1.807) is 17.5 Å².